The number of allylic oxidation sites excluding steroid dienone is 1. The van der Waals surface area contributed by atoms with Crippen LogP contribution in [0.15, 0.2) is 12.2 Å². The van der Waals surface area contributed by atoms with Crippen molar-refractivity contribution >= 4 is 8.32 Å². The summed E-state index contributed by atoms with van der Waals surface area (Å²) in [4.78, 5) is 0. The molecule has 102 valence electrons. The van der Waals surface area contributed by atoms with E-state index in [2.05, 4.69) is 40.8 Å². The minimum Gasteiger partial charge on any atom is -0.414 e. The van der Waals surface area contributed by atoms with Crippen molar-refractivity contribution in [2.24, 2.45) is 0 Å². The van der Waals surface area contributed by atoms with Crippen molar-refractivity contribution in [3.8, 4) is 0 Å². The van der Waals surface area contributed by atoms with Crippen LogP contribution in [0.1, 0.15) is 47.0 Å². The third-order valence-corrected chi connectivity index (χ3v) is 8.16. The Balaban J connectivity index is 3.94. The summed E-state index contributed by atoms with van der Waals surface area (Å²) >= 11 is 0. The maximum absolute atomic E-state index is 8.61. The summed E-state index contributed by atoms with van der Waals surface area (Å²) in [5, 5.41) is 8.90. The fourth-order valence-corrected chi connectivity index (χ4v) is 2.93. The lowest BCUT2D eigenvalue weighted by molar-refractivity contribution is 0.187. The highest BCUT2D eigenvalue weighted by molar-refractivity contribution is 6.74. The number of aliphatic hydroxyl groups is 1. The molecule has 0 aromatic heterocycles. The first-order valence-electron chi connectivity index (χ1n) is 6.64. The van der Waals surface area contributed by atoms with E-state index in [4.69, 9.17) is 9.53 Å². The first-order valence-corrected chi connectivity index (χ1v) is 9.55. The maximum Gasteiger partial charge on any atom is 0.192 e. The zero-order valence-corrected chi connectivity index (χ0v) is 13.4. The fourth-order valence-electron chi connectivity index (χ4n) is 1.45. The van der Waals surface area contributed by atoms with E-state index in [-0.39, 0.29) is 11.6 Å². The molecule has 0 aliphatic heterocycles. The van der Waals surface area contributed by atoms with Crippen LogP contribution in [-0.2, 0) is 4.43 Å². The lowest BCUT2D eigenvalue weighted by Gasteiger charge is -2.38. The minimum absolute atomic E-state index is 0.149. The Morgan fingerprint density at radius 3 is 2.29 bits per heavy atom. The van der Waals surface area contributed by atoms with Gasteiger partial charge in [0.2, 0.25) is 0 Å². The van der Waals surface area contributed by atoms with Gasteiger partial charge in [0.05, 0.1) is 6.61 Å². The van der Waals surface area contributed by atoms with Crippen molar-refractivity contribution in [2.75, 3.05) is 6.61 Å². The molecule has 0 rings (SSSR count). The van der Waals surface area contributed by atoms with Gasteiger partial charge in [-0.2, -0.15) is 0 Å². The third-order valence-electron chi connectivity index (χ3n) is 3.56. The van der Waals surface area contributed by atoms with Crippen molar-refractivity contribution in [2.45, 2.75) is 71.2 Å². The highest BCUT2D eigenvalue weighted by atomic mass is 28.4. The highest BCUT2D eigenvalue weighted by Crippen LogP contribution is 2.37. The molecule has 1 N–H and O–H groups in total. The topological polar surface area (TPSA) is 29.5 Å². The fraction of sp³-hybridized carbons (Fsp3) is 0.857. The number of hydrogen-bond donors (Lipinski definition) is 1. The summed E-state index contributed by atoms with van der Waals surface area (Å²) in [6, 6.07) is 0. The predicted molar refractivity (Wildman–Crippen MR) is 77.8 cm³/mol. The molecule has 1 atom stereocenters. The predicted octanol–water partition coefficient (Wildman–Crippen LogP) is 4.12. The molecule has 17 heavy (non-hydrogen) atoms. The molecule has 0 radical (unpaired) electrons. The van der Waals surface area contributed by atoms with Gasteiger partial charge in [-0.25, -0.2) is 0 Å². The molecule has 0 heterocycles. The van der Waals surface area contributed by atoms with Gasteiger partial charge in [-0.3, -0.25) is 0 Å². The van der Waals surface area contributed by atoms with E-state index in [1.807, 2.05) is 6.08 Å². The van der Waals surface area contributed by atoms with Crippen molar-refractivity contribution in [3.05, 3.63) is 12.2 Å². The van der Waals surface area contributed by atoms with Crippen LogP contribution in [0, 0.1) is 0 Å². The normalized spacial score (nSPS) is 15.5. The quantitative estimate of drug-likeness (QED) is 0.423. The van der Waals surface area contributed by atoms with E-state index in [1.54, 1.807) is 6.08 Å². The molecular formula is C14H30O2Si. The summed E-state index contributed by atoms with van der Waals surface area (Å²) < 4.78 is 6.27. The van der Waals surface area contributed by atoms with Gasteiger partial charge in [0.1, 0.15) is 0 Å². The number of rotatable bonds is 7. The molecular weight excluding hydrogens is 228 g/mol. The second-order valence-corrected chi connectivity index (χ2v) is 11.0. The van der Waals surface area contributed by atoms with Gasteiger partial charge < -0.3 is 9.53 Å². The molecule has 0 aliphatic carbocycles. The van der Waals surface area contributed by atoms with Gasteiger partial charge in [-0.05, 0) is 44.3 Å². The Morgan fingerprint density at radius 2 is 1.82 bits per heavy atom. The van der Waals surface area contributed by atoms with E-state index in [0.29, 0.717) is 6.10 Å². The van der Waals surface area contributed by atoms with Crippen molar-refractivity contribution in [1.82, 2.24) is 0 Å². The Kier molecular flexibility index (Phi) is 7.29. The second kappa shape index (κ2) is 7.34. The average Bonchev–Trinajstić information content (AvgIpc) is 2.14. The lowest BCUT2D eigenvalue weighted by Crippen LogP contribution is -2.43. The molecule has 0 unspecified atom stereocenters. The van der Waals surface area contributed by atoms with Crippen molar-refractivity contribution < 1.29 is 9.53 Å². The third kappa shape index (κ3) is 7.01. The van der Waals surface area contributed by atoms with E-state index in [1.165, 1.54) is 0 Å². The Morgan fingerprint density at radius 1 is 1.24 bits per heavy atom. The molecule has 0 aliphatic rings. The number of unbranched alkanes of at least 4 members (excludes halogenated alkanes) is 1. The lowest BCUT2D eigenvalue weighted by atomic mass is 10.2. The van der Waals surface area contributed by atoms with Crippen LogP contribution in [0.25, 0.3) is 0 Å². The molecule has 2 nitrogen and oxygen atoms in total. The smallest absolute Gasteiger partial charge is 0.192 e. The van der Waals surface area contributed by atoms with E-state index >= 15 is 0 Å². The molecule has 0 aromatic carbocycles. The number of hydrogen-bond acceptors (Lipinski definition) is 2. The summed E-state index contributed by atoms with van der Waals surface area (Å²) in [7, 11) is -1.60. The van der Waals surface area contributed by atoms with E-state index < -0.39 is 8.32 Å². The standard InChI is InChI=1S/C14H30O2Si/c1-13(11-9-7-8-10-12-15)16-17(5,6)14(2,3)4/h8,10,13,15H,7,9,11-12H2,1-6H3/b10-8+/t13-/m1/s1. The Labute approximate surface area is 108 Å². The molecule has 0 bridgehead atoms. The monoisotopic (exact) mass is 258 g/mol. The Bertz CT molecular complexity index is 229. The first-order chi connectivity index (χ1) is 7.70. The van der Waals surface area contributed by atoms with E-state index in [9.17, 15) is 0 Å². The summed E-state index contributed by atoms with van der Waals surface area (Å²) in [5.74, 6) is 0. The molecule has 0 saturated carbocycles. The Hall–Kier alpha value is -0.123. The molecule has 0 fully saturated rings. The summed E-state index contributed by atoms with van der Waals surface area (Å²) in [5.41, 5.74) is 0. The molecule has 0 aromatic rings. The highest BCUT2D eigenvalue weighted by Gasteiger charge is 2.38. The molecule has 0 saturated heterocycles. The van der Waals surface area contributed by atoms with Crippen LogP contribution >= 0.6 is 0 Å². The van der Waals surface area contributed by atoms with Gasteiger partial charge in [0.25, 0.3) is 0 Å². The average molecular weight is 258 g/mol. The minimum atomic E-state index is -1.60. The van der Waals surface area contributed by atoms with Crippen LogP contribution in [-0.4, -0.2) is 26.1 Å². The SMILES string of the molecule is C[C@H](CCC/C=C/CO)O[Si](C)(C)C(C)(C)C. The van der Waals surface area contributed by atoms with Crippen LogP contribution in [0.4, 0.5) is 0 Å². The van der Waals surface area contributed by atoms with Gasteiger partial charge >= 0.3 is 0 Å². The van der Waals surface area contributed by atoms with Crippen LogP contribution in [0.2, 0.25) is 18.1 Å². The summed E-state index contributed by atoms with van der Waals surface area (Å²) in [6.07, 6.45) is 7.46. The van der Waals surface area contributed by atoms with Crippen LogP contribution in [0.3, 0.4) is 0 Å². The van der Waals surface area contributed by atoms with Gasteiger partial charge in [0.15, 0.2) is 8.32 Å². The van der Waals surface area contributed by atoms with Gasteiger partial charge in [-0.1, -0.05) is 32.9 Å². The zero-order chi connectivity index (χ0) is 13.5. The molecule has 0 spiro atoms. The van der Waals surface area contributed by atoms with E-state index in [0.717, 1.165) is 19.3 Å². The van der Waals surface area contributed by atoms with Crippen molar-refractivity contribution in [3.63, 3.8) is 0 Å². The second-order valence-electron chi connectivity index (χ2n) is 6.27. The van der Waals surface area contributed by atoms with Gasteiger partial charge in [-0.15, -0.1) is 0 Å². The van der Waals surface area contributed by atoms with Crippen LogP contribution in [0.5, 0.6) is 0 Å². The largest absolute Gasteiger partial charge is 0.414 e. The summed E-state index contributed by atoms with van der Waals surface area (Å²) in [6.45, 7) is 13.7. The first kappa shape index (κ1) is 16.9. The van der Waals surface area contributed by atoms with Gasteiger partial charge in [0, 0.05) is 6.10 Å². The maximum atomic E-state index is 8.61. The number of aliphatic hydroxyl groups excluding tert-OH is 1. The molecule has 0 amide bonds. The van der Waals surface area contributed by atoms with Crippen LogP contribution < -0.4 is 0 Å². The zero-order valence-electron chi connectivity index (χ0n) is 12.4. The molecule has 3 heteroatoms. The van der Waals surface area contributed by atoms with Crippen molar-refractivity contribution in [1.29, 1.82) is 0 Å².